The second kappa shape index (κ2) is 5.10. The molecule has 2 N–H and O–H groups in total. The molecule has 0 aliphatic heterocycles. The monoisotopic (exact) mass is 259 g/mol. The van der Waals surface area contributed by atoms with Crippen LogP contribution in [0.2, 0.25) is 0 Å². The van der Waals surface area contributed by atoms with E-state index in [4.69, 9.17) is 10.5 Å². The topological polar surface area (TPSA) is 52.3 Å². The van der Waals surface area contributed by atoms with E-state index in [0.29, 0.717) is 17.0 Å². The summed E-state index contributed by atoms with van der Waals surface area (Å²) in [6.45, 7) is 1.79. The fourth-order valence-electron chi connectivity index (χ4n) is 1.99. The van der Waals surface area contributed by atoms with Crippen molar-refractivity contribution in [1.29, 1.82) is 0 Å². The Labute approximate surface area is 110 Å². The first kappa shape index (κ1) is 13.1. The molecule has 0 unspecified atom stereocenters. The van der Waals surface area contributed by atoms with Gasteiger partial charge in [0.15, 0.2) is 5.78 Å². The van der Waals surface area contributed by atoms with Crippen LogP contribution in [0, 0.1) is 12.7 Å². The number of hydrogen-bond acceptors (Lipinski definition) is 3. The first-order chi connectivity index (χ1) is 9.04. The second-order valence-corrected chi connectivity index (χ2v) is 4.21. The quantitative estimate of drug-likeness (QED) is 0.681. The van der Waals surface area contributed by atoms with E-state index in [9.17, 15) is 9.18 Å². The zero-order valence-electron chi connectivity index (χ0n) is 10.7. The van der Waals surface area contributed by atoms with Crippen LogP contribution < -0.4 is 10.5 Å². The Balaban J connectivity index is 2.59. The Kier molecular flexibility index (Phi) is 3.51. The molecule has 0 fully saturated rings. The molecule has 98 valence electrons. The lowest BCUT2D eigenvalue weighted by Crippen LogP contribution is -2.09. The summed E-state index contributed by atoms with van der Waals surface area (Å²) in [6, 6.07) is 9.03. The number of aryl methyl sites for hydroxylation is 1. The summed E-state index contributed by atoms with van der Waals surface area (Å²) in [7, 11) is 1.44. The largest absolute Gasteiger partial charge is 0.496 e. The summed E-state index contributed by atoms with van der Waals surface area (Å²) >= 11 is 0. The molecule has 0 spiro atoms. The summed E-state index contributed by atoms with van der Waals surface area (Å²) in [5, 5.41) is 0. The molecule has 0 amide bonds. The minimum atomic E-state index is -0.490. The van der Waals surface area contributed by atoms with Crippen LogP contribution >= 0.6 is 0 Å². The molecule has 0 saturated carbocycles. The maximum absolute atomic E-state index is 13.3. The van der Waals surface area contributed by atoms with Crippen molar-refractivity contribution in [2.75, 3.05) is 12.8 Å². The first-order valence-corrected chi connectivity index (χ1v) is 5.78. The molecule has 0 bridgehead atoms. The first-order valence-electron chi connectivity index (χ1n) is 5.78. The van der Waals surface area contributed by atoms with E-state index in [0.717, 1.165) is 11.6 Å². The highest BCUT2D eigenvalue weighted by atomic mass is 19.1. The van der Waals surface area contributed by atoms with Crippen molar-refractivity contribution in [3.05, 3.63) is 58.9 Å². The van der Waals surface area contributed by atoms with Crippen LogP contribution in [0.5, 0.6) is 5.75 Å². The molecule has 0 aliphatic rings. The number of benzene rings is 2. The lowest BCUT2D eigenvalue weighted by molar-refractivity contribution is 0.103. The van der Waals surface area contributed by atoms with Crippen LogP contribution in [0.3, 0.4) is 0 Å². The molecule has 19 heavy (non-hydrogen) atoms. The number of halogens is 1. The van der Waals surface area contributed by atoms with E-state index < -0.39 is 5.82 Å². The molecule has 0 heterocycles. The van der Waals surface area contributed by atoms with Crippen molar-refractivity contribution in [1.82, 2.24) is 0 Å². The number of nitrogen functional groups attached to an aromatic ring is 1. The minimum absolute atomic E-state index is 0.170. The number of nitrogens with two attached hydrogens (primary N) is 1. The minimum Gasteiger partial charge on any atom is -0.496 e. The van der Waals surface area contributed by atoms with Gasteiger partial charge < -0.3 is 10.5 Å². The van der Waals surface area contributed by atoms with Gasteiger partial charge in [-0.1, -0.05) is 12.1 Å². The Morgan fingerprint density at radius 1 is 1.26 bits per heavy atom. The fourth-order valence-corrected chi connectivity index (χ4v) is 1.99. The van der Waals surface area contributed by atoms with Gasteiger partial charge in [0.1, 0.15) is 11.6 Å². The molecule has 0 aliphatic carbocycles. The Morgan fingerprint density at radius 2 is 2.00 bits per heavy atom. The number of carbonyl (C=O) groups is 1. The van der Waals surface area contributed by atoms with Crippen LogP contribution in [-0.2, 0) is 0 Å². The fraction of sp³-hybridized carbons (Fsp3) is 0.133. The summed E-state index contributed by atoms with van der Waals surface area (Å²) in [6.07, 6.45) is 0. The van der Waals surface area contributed by atoms with Gasteiger partial charge in [-0.15, -0.1) is 0 Å². The molecule has 0 atom stereocenters. The van der Waals surface area contributed by atoms with Gasteiger partial charge in [-0.05, 0) is 36.8 Å². The molecular weight excluding hydrogens is 245 g/mol. The average Bonchev–Trinajstić information content (AvgIpc) is 2.38. The molecule has 0 aromatic heterocycles. The van der Waals surface area contributed by atoms with E-state index in [2.05, 4.69) is 0 Å². The van der Waals surface area contributed by atoms with Crippen molar-refractivity contribution >= 4 is 11.5 Å². The van der Waals surface area contributed by atoms with Crippen molar-refractivity contribution in [2.45, 2.75) is 6.92 Å². The highest BCUT2D eigenvalue weighted by Crippen LogP contribution is 2.26. The van der Waals surface area contributed by atoms with Crippen LogP contribution in [0.4, 0.5) is 10.1 Å². The van der Waals surface area contributed by atoms with E-state index in [-0.39, 0.29) is 11.3 Å². The SMILES string of the molecule is COc1ccc(F)cc1C(=O)c1c(C)cccc1N. The number of ketones is 1. The second-order valence-electron chi connectivity index (χ2n) is 4.21. The van der Waals surface area contributed by atoms with Gasteiger partial charge in [0, 0.05) is 11.3 Å². The smallest absolute Gasteiger partial charge is 0.199 e. The molecule has 0 radical (unpaired) electrons. The zero-order chi connectivity index (χ0) is 14.0. The Hall–Kier alpha value is -2.36. The number of hydrogen-bond donors (Lipinski definition) is 1. The normalized spacial score (nSPS) is 10.3. The predicted octanol–water partition coefficient (Wildman–Crippen LogP) is 2.96. The summed E-state index contributed by atoms with van der Waals surface area (Å²) in [5.41, 5.74) is 7.50. The predicted molar refractivity (Wildman–Crippen MR) is 72.0 cm³/mol. The van der Waals surface area contributed by atoms with Gasteiger partial charge in [-0.2, -0.15) is 0 Å². The standard InChI is InChI=1S/C15H14FNO2/c1-9-4-3-5-12(17)14(9)15(18)11-8-10(16)6-7-13(11)19-2/h3-8H,17H2,1-2H3. The maximum atomic E-state index is 13.3. The Bertz CT molecular complexity index is 618. The van der Waals surface area contributed by atoms with E-state index in [1.807, 2.05) is 0 Å². The number of methoxy groups -OCH3 is 1. The van der Waals surface area contributed by atoms with E-state index in [1.165, 1.54) is 19.2 Å². The lowest BCUT2D eigenvalue weighted by atomic mass is 9.97. The van der Waals surface area contributed by atoms with Crippen molar-refractivity contribution in [3.63, 3.8) is 0 Å². The summed E-state index contributed by atoms with van der Waals surface area (Å²) in [4.78, 5) is 12.5. The third kappa shape index (κ3) is 2.42. The number of ether oxygens (including phenoxy) is 1. The van der Waals surface area contributed by atoms with Crippen LogP contribution in [0.1, 0.15) is 21.5 Å². The molecule has 2 aromatic rings. The third-order valence-corrected chi connectivity index (χ3v) is 2.94. The average molecular weight is 259 g/mol. The molecule has 4 heteroatoms. The van der Waals surface area contributed by atoms with Crippen LogP contribution in [0.15, 0.2) is 36.4 Å². The van der Waals surface area contributed by atoms with Gasteiger partial charge in [0.25, 0.3) is 0 Å². The van der Waals surface area contributed by atoms with Gasteiger partial charge in [0.2, 0.25) is 0 Å². The molecule has 2 aromatic carbocycles. The Morgan fingerprint density at radius 3 is 2.63 bits per heavy atom. The summed E-state index contributed by atoms with van der Waals surface area (Å²) < 4.78 is 18.4. The highest BCUT2D eigenvalue weighted by Gasteiger charge is 2.19. The lowest BCUT2D eigenvalue weighted by Gasteiger charge is -2.11. The zero-order valence-corrected chi connectivity index (χ0v) is 10.7. The van der Waals surface area contributed by atoms with Gasteiger partial charge in [-0.3, -0.25) is 4.79 Å². The number of rotatable bonds is 3. The van der Waals surface area contributed by atoms with Gasteiger partial charge in [-0.25, -0.2) is 4.39 Å². The molecule has 3 nitrogen and oxygen atoms in total. The molecule has 0 saturated heterocycles. The molecular formula is C15H14FNO2. The van der Waals surface area contributed by atoms with Gasteiger partial charge in [0.05, 0.1) is 12.7 Å². The van der Waals surface area contributed by atoms with E-state index in [1.54, 1.807) is 25.1 Å². The van der Waals surface area contributed by atoms with Crippen molar-refractivity contribution in [2.24, 2.45) is 0 Å². The van der Waals surface area contributed by atoms with Crippen LogP contribution in [-0.4, -0.2) is 12.9 Å². The number of anilines is 1. The third-order valence-electron chi connectivity index (χ3n) is 2.94. The molecule has 2 rings (SSSR count). The van der Waals surface area contributed by atoms with Crippen molar-refractivity contribution in [3.8, 4) is 5.75 Å². The van der Waals surface area contributed by atoms with Gasteiger partial charge >= 0.3 is 0 Å². The van der Waals surface area contributed by atoms with Crippen molar-refractivity contribution < 1.29 is 13.9 Å². The highest BCUT2D eigenvalue weighted by molar-refractivity contribution is 6.14. The van der Waals surface area contributed by atoms with Crippen LogP contribution in [0.25, 0.3) is 0 Å². The summed E-state index contributed by atoms with van der Waals surface area (Å²) in [5.74, 6) is -0.502. The maximum Gasteiger partial charge on any atom is 0.199 e. The van der Waals surface area contributed by atoms with E-state index >= 15 is 0 Å². The number of carbonyl (C=O) groups excluding carboxylic acids is 1.